The number of nitrogens with one attached hydrogen (secondary N) is 1. The number of hydrogen-bond acceptors (Lipinski definition) is 4. The monoisotopic (exact) mass is 260 g/mol. The molecule has 2 aromatic rings. The number of H-pyrrole nitrogens is 1. The molecule has 0 spiro atoms. The fraction of sp³-hybridized carbons (Fsp3) is 0.615. The lowest BCUT2D eigenvalue weighted by Crippen LogP contribution is -2.20. The minimum absolute atomic E-state index is 0.707. The van der Waals surface area contributed by atoms with Gasteiger partial charge in [0.05, 0.1) is 12.2 Å². The number of rotatable bonds is 6. The summed E-state index contributed by atoms with van der Waals surface area (Å²) in [5.74, 6) is 1.71. The molecular formula is C13H20N6. The quantitative estimate of drug-likeness (QED) is 0.855. The highest BCUT2D eigenvalue weighted by Gasteiger charge is 2.26. The largest absolute Gasteiger partial charge is 0.293 e. The predicted octanol–water partition coefficient (Wildman–Crippen LogP) is 1.53. The van der Waals surface area contributed by atoms with E-state index in [2.05, 4.69) is 45.2 Å². The Bertz CT molecular complexity index is 539. The maximum absolute atomic E-state index is 4.38. The minimum Gasteiger partial charge on any atom is -0.293 e. The molecule has 19 heavy (non-hydrogen) atoms. The van der Waals surface area contributed by atoms with Gasteiger partial charge in [0.2, 0.25) is 0 Å². The average Bonchev–Trinajstić information content (AvgIpc) is 2.98. The van der Waals surface area contributed by atoms with Crippen molar-refractivity contribution in [2.24, 2.45) is 0 Å². The van der Waals surface area contributed by atoms with E-state index in [9.17, 15) is 0 Å². The van der Waals surface area contributed by atoms with Gasteiger partial charge < -0.3 is 0 Å². The second-order valence-electron chi connectivity index (χ2n) is 5.26. The first-order valence-corrected chi connectivity index (χ1v) is 6.85. The zero-order valence-electron chi connectivity index (χ0n) is 11.5. The van der Waals surface area contributed by atoms with Gasteiger partial charge in [-0.15, -0.1) is 0 Å². The highest BCUT2D eigenvalue weighted by molar-refractivity contribution is 5.17. The molecule has 0 saturated heterocycles. The molecule has 6 nitrogen and oxygen atoms in total. The number of nitrogens with zero attached hydrogens (tertiary/aromatic N) is 5. The van der Waals surface area contributed by atoms with Crippen LogP contribution in [0.15, 0.2) is 12.4 Å². The van der Waals surface area contributed by atoms with Crippen molar-refractivity contribution in [3.8, 4) is 0 Å². The van der Waals surface area contributed by atoms with Crippen LogP contribution in [-0.2, 0) is 19.6 Å². The third kappa shape index (κ3) is 2.84. The molecule has 3 rings (SSSR count). The van der Waals surface area contributed by atoms with Gasteiger partial charge in [-0.2, -0.15) is 10.2 Å². The molecule has 0 radical (unpaired) electrons. The van der Waals surface area contributed by atoms with Crippen molar-refractivity contribution >= 4 is 0 Å². The Morgan fingerprint density at radius 2 is 2.26 bits per heavy atom. The molecule has 0 aliphatic heterocycles. The van der Waals surface area contributed by atoms with Crippen molar-refractivity contribution < 1.29 is 0 Å². The van der Waals surface area contributed by atoms with E-state index in [0.29, 0.717) is 5.92 Å². The van der Waals surface area contributed by atoms with Crippen molar-refractivity contribution in [1.82, 2.24) is 29.9 Å². The lowest BCUT2D eigenvalue weighted by molar-refractivity contribution is 0.299. The molecule has 0 unspecified atom stereocenters. The summed E-state index contributed by atoms with van der Waals surface area (Å²) < 4.78 is 1.93. The van der Waals surface area contributed by atoms with Gasteiger partial charge in [0.15, 0.2) is 0 Å². The van der Waals surface area contributed by atoms with E-state index < -0.39 is 0 Å². The summed E-state index contributed by atoms with van der Waals surface area (Å²) in [5, 5.41) is 11.7. The fourth-order valence-corrected chi connectivity index (χ4v) is 2.31. The molecule has 102 valence electrons. The van der Waals surface area contributed by atoms with Crippen LogP contribution in [0.5, 0.6) is 0 Å². The second kappa shape index (κ2) is 5.13. The van der Waals surface area contributed by atoms with E-state index in [-0.39, 0.29) is 0 Å². The molecule has 0 atom stereocenters. The number of aromatic amines is 1. The Hall–Kier alpha value is -1.69. The first kappa shape index (κ1) is 12.3. The van der Waals surface area contributed by atoms with Crippen LogP contribution in [0.25, 0.3) is 0 Å². The Balaban J connectivity index is 1.59. The van der Waals surface area contributed by atoms with Crippen molar-refractivity contribution in [3.63, 3.8) is 0 Å². The topological polar surface area (TPSA) is 62.6 Å². The Kier molecular flexibility index (Phi) is 3.33. The molecule has 6 heteroatoms. The SMILES string of the molecule is CCn1ncnc1CN(C)Cc1cc(C2CC2)n[nH]1. The molecule has 1 aliphatic carbocycles. The first-order chi connectivity index (χ1) is 9.26. The summed E-state index contributed by atoms with van der Waals surface area (Å²) in [5.41, 5.74) is 2.40. The lowest BCUT2D eigenvalue weighted by atomic mass is 10.2. The molecule has 1 fully saturated rings. The van der Waals surface area contributed by atoms with E-state index in [4.69, 9.17) is 0 Å². The van der Waals surface area contributed by atoms with Gasteiger partial charge in [0.1, 0.15) is 12.2 Å². The highest BCUT2D eigenvalue weighted by Crippen LogP contribution is 2.39. The maximum Gasteiger partial charge on any atom is 0.140 e. The van der Waals surface area contributed by atoms with Crippen molar-refractivity contribution in [2.45, 2.75) is 45.3 Å². The third-order valence-corrected chi connectivity index (χ3v) is 3.49. The average molecular weight is 260 g/mol. The van der Waals surface area contributed by atoms with Gasteiger partial charge in [0, 0.05) is 24.7 Å². The minimum atomic E-state index is 0.707. The molecule has 1 N–H and O–H groups in total. The summed E-state index contributed by atoms with van der Waals surface area (Å²) in [4.78, 5) is 6.52. The van der Waals surface area contributed by atoms with Gasteiger partial charge in [-0.1, -0.05) is 0 Å². The molecule has 1 aliphatic rings. The van der Waals surface area contributed by atoms with E-state index in [1.165, 1.54) is 24.2 Å². The number of aromatic nitrogens is 5. The van der Waals surface area contributed by atoms with Gasteiger partial charge >= 0.3 is 0 Å². The summed E-state index contributed by atoms with van der Waals surface area (Å²) in [6, 6.07) is 2.19. The number of aryl methyl sites for hydroxylation is 1. The standard InChI is InChI=1S/C13H20N6/c1-3-19-13(14-9-15-19)8-18(2)7-11-6-12(17-16-11)10-4-5-10/h6,9-10H,3-5,7-8H2,1-2H3,(H,16,17). The van der Waals surface area contributed by atoms with E-state index in [1.807, 2.05) is 4.68 Å². The van der Waals surface area contributed by atoms with Crippen LogP contribution in [0, 0.1) is 0 Å². The van der Waals surface area contributed by atoms with Gasteiger partial charge in [-0.05, 0) is 32.9 Å². The van der Waals surface area contributed by atoms with E-state index >= 15 is 0 Å². The zero-order valence-corrected chi connectivity index (χ0v) is 11.5. The summed E-state index contributed by atoms with van der Waals surface area (Å²) in [6.07, 6.45) is 4.20. The summed E-state index contributed by atoms with van der Waals surface area (Å²) >= 11 is 0. The Morgan fingerprint density at radius 3 is 3.00 bits per heavy atom. The van der Waals surface area contributed by atoms with E-state index in [0.717, 1.165) is 25.5 Å². The van der Waals surface area contributed by atoms with Crippen LogP contribution in [0.3, 0.4) is 0 Å². The predicted molar refractivity (Wildman–Crippen MR) is 71.4 cm³/mol. The molecule has 0 bridgehead atoms. The molecular weight excluding hydrogens is 240 g/mol. The van der Waals surface area contributed by atoms with Gasteiger partial charge in [0.25, 0.3) is 0 Å². The third-order valence-electron chi connectivity index (χ3n) is 3.49. The highest BCUT2D eigenvalue weighted by atomic mass is 15.3. The second-order valence-corrected chi connectivity index (χ2v) is 5.26. The molecule has 1 saturated carbocycles. The van der Waals surface area contributed by atoms with Crippen LogP contribution in [0.1, 0.15) is 42.9 Å². The van der Waals surface area contributed by atoms with Gasteiger partial charge in [-0.3, -0.25) is 10.00 Å². The molecule has 0 amide bonds. The van der Waals surface area contributed by atoms with E-state index in [1.54, 1.807) is 6.33 Å². The Labute approximate surface area is 112 Å². The van der Waals surface area contributed by atoms with Crippen molar-refractivity contribution in [1.29, 1.82) is 0 Å². The van der Waals surface area contributed by atoms with Crippen LogP contribution in [0.2, 0.25) is 0 Å². The Morgan fingerprint density at radius 1 is 1.42 bits per heavy atom. The first-order valence-electron chi connectivity index (χ1n) is 6.85. The van der Waals surface area contributed by atoms with Crippen molar-refractivity contribution in [2.75, 3.05) is 7.05 Å². The molecule has 0 aromatic carbocycles. The van der Waals surface area contributed by atoms with Crippen LogP contribution in [0.4, 0.5) is 0 Å². The summed E-state index contributed by atoms with van der Waals surface area (Å²) in [7, 11) is 2.09. The summed E-state index contributed by atoms with van der Waals surface area (Å²) in [6.45, 7) is 4.59. The normalized spacial score (nSPS) is 15.3. The lowest BCUT2D eigenvalue weighted by Gasteiger charge is -2.14. The molecule has 2 aromatic heterocycles. The van der Waals surface area contributed by atoms with Crippen LogP contribution < -0.4 is 0 Å². The zero-order chi connectivity index (χ0) is 13.2. The van der Waals surface area contributed by atoms with Crippen LogP contribution in [-0.4, -0.2) is 36.9 Å². The fourth-order valence-electron chi connectivity index (χ4n) is 2.31. The van der Waals surface area contributed by atoms with Gasteiger partial charge in [-0.25, -0.2) is 9.67 Å². The van der Waals surface area contributed by atoms with Crippen molar-refractivity contribution in [3.05, 3.63) is 29.6 Å². The number of hydrogen-bond donors (Lipinski definition) is 1. The molecule has 2 heterocycles. The maximum atomic E-state index is 4.38. The smallest absolute Gasteiger partial charge is 0.140 e. The van der Waals surface area contributed by atoms with Crippen LogP contribution >= 0.6 is 0 Å².